The minimum atomic E-state index is -0.277. The molecule has 0 saturated heterocycles. The van der Waals surface area contributed by atoms with Gasteiger partial charge in [0.05, 0.1) is 13.4 Å². The number of carbonyl (C=O) groups excluding carboxylic acids is 1. The van der Waals surface area contributed by atoms with E-state index in [1.54, 1.807) is 31.4 Å². The predicted octanol–water partition coefficient (Wildman–Crippen LogP) is 2.41. The summed E-state index contributed by atoms with van der Waals surface area (Å²) in [6, 6.07) is 10.7. The number of amides is 1. The van der Waals surface area contributed by atoms with E-state index in [4.69, 9.17) is 9.15 Å². The number of hydrogen-bond acceptors (Lipinski definition) is 7. The van der Waals surface area contributed by atoms with E-state index in [2.05, 4.69) is 25.4 Å². The highest BCUT2D eigenvalue weighted by molar-refractivity contribution is 5.87. The number of nitrogens with zero attached hydrogens (tertiary/aromatic N) is 5. The van der Waals surface area contributed by atoms with E-state index in [9.17, 15) is 4.79 Å². The molecule has 1 amide bonds. The lowest BCUT2D eigenvalue weighted by molar-refractivity contribution is -0.114. The lowest BCUT2D eigenvalue weighted by Gasteiger charge is -2.06. The van der Waals surface area contributed by atoms with Crippen molar-refractivity contribution in [2.24, 2.45) is 0 Å². The van der Waals surface area contributed by atoms with Crippen molar-refractivity contribution in [2.45, 2.75) is 6.92 Å². The zero-order valence-corrected chi connectivity index (χ0v) is 14.0. The van der Waals surface area contributed by atoms with Crippen LogP contribution in [0.2, 0.25) is 0 Å². The third-order valence-electron chi connectivity index (χ3n) is 3.59. The van der Waals surface area contributed by atoms with Crippen LogP contribution in [0.25, 0.3) is 28.8 Å². The quantitative estimate of drug-likeness (QED) is 0.602. The van der Waals surface area contributed by atoms with Gasteiger partial charge in [-0.2, -0.15) is 19.5 Å². The standard InChI is InChI=1S/C17H14N6O3/c1-10(24)18-16-19-14(11-5-7-12(25-2)8-6-11)20-17-21-15(22-23(16)17)13-4-3-9-26-13/h3-9H,1-2H3,(H,18,19,20,21,22,24). The third-order valence-corrected chi connectivity index (χ3v) is 3.59. The minimum absolute atomic E-state index is 0.221. The van der Waals surface area contributed by atoms with Crippen molar-refractivity contribution in [3.63, 3.8) is 0 Å². The molecule has 0 bridgehead atoms. The van der Waals surface area contributed by atoms with Crippen LogP contribution in [0, 0.1) is 0 Å². The zero-order chi connectivity index (χ0) is 18.1. The molecule has 0 saturated carbocycles. The molecule has 4 rings (SSSR count). The number of carbonyl (C=O) groups is 1. The number of fused-ring (bicyclic) bond motifs is 1. The Morgan fingerprint density at radius 1 is 1.12 bits per heavy atom. The smallest absolute Gasteiger partial charge is 0.258 e. The van der Waals surface area contributed by atoms with Gasteiger partial charge < -0.3 is 9.15 Å². The Kier molecular flexibility index (Phi) is 3.81. The molecule has 0 aliphatic carbocycles. The summed E-state index contributed by atoms with van der Waals surface area (Å²) in [7, 11) is 1.60. The Morgan fingerprint density at radius 3 is 2.54 bits per heavy atom. The van der Waals surface area contributed by atoms with Gasteiger partial charge in [0.2, 0.25) is 17.7 Å². The number of furan rings is 1. The molecule has 0 aliphatic rings. The first-order valence-electron chi connectivity index (χ1n) is 7.75. The monoisotopic (exact) mass is 350 g/mol. The van der Waals surface area contributed by atoms with Crippen LogP contribution in [0.1, 0.15) is 6.92 Å². The van der Waals surface area contributed by atoms with Gasteiger partial charge in [0.25, 0.3) is 5.78 Å². The molecule has 0 spiro atoms. The van der Waals surface area contributed by atoms with Crippen LogP contribution in [0.5, 0.6) is 5.75 Å². The number of methoxy groups -OCH3 is 1. The molecule has 3 aromatic heterocycles. The zero-order valence-electron chi connectivity index (χ0n) is 14.0. The summed E-state index contributed by atoms with van der Waals surface area (Å²) in [4.78, 5) is 24.8. The van der Waals surface area contributed by atoms with Crippen molar-refractivity contribution in [2.75, 3.05) is 12.4 Å². The van der Waals surface area contributed by atoms with Crippen LogP contribution < -0.4 is 10.1 Å². The molecule has 0 unspecified atom stereocenters. The average molecular weight is 350 g/mol. The molecule has 4 aromatic rings. The number of nitrogens with one attached hydrogen (secondary N) is 1. The maximum absolute atomic E-state index is 11.6. The molecule has 0 fully saturated rings. The molecule has 0 radical (unpaired) electrons. The van der Waals surface area contributed by atoms with Gasteiger partial charge in [0, 0.05) is 12.5 Å². The molecule has 9 heteroatoms. The van der Waals surface area contributed by atoms with E-state index in [1.165, 1.54) is 17.7 Å². The van der Waals surface area contributed by atoms with E-state index in [-0.39, 0.29) is 11.9 Å². The molecular formula is C17H14N6O3. The Morgan fingerprint density at radius 2 is 1.88 bits per heavy atom. The molecule has 26 heavy (non-hydrogen) atoms. The summed E-state index contributed by atoms with van der Waals surface area (Å²) in [6.45, 7) is 1.39. The second kappa shape index (κ2) is 6.28. The van der Waals surface area contributed by atoms with E-state index in [1.807, 2.05) is 12.1 Å². The van der Waals surface area contributed by atoms with Gasteiger partial charge in [0.1, 0.15) is 5.75 Å². The molecule has 1 N–H and O–H groups in total. The van der Waals surface area contributed by atoms with Gasteiger partial charge in [-0.1, -0.05) is 0 Å². The number of aromatic nitrogens is 5. The highest BCUT2D eigenvalue weighted by atomic mass is 16.5. The lowest BCUT2D eigenvalue weighted by Crippen LogP contribution is -2.13. The number of ether oxygens (including phenoxy) is 1. The van der Waals surface area contributed by atoms with E-state index < -0.39 is 0 Å². The maximum atomic E-state index is 11.6. The molecule has 130 valence electrons. The van der Waals surface area contributed by atoms with Crippen LogP contribution in [0.15, 0.2) is 47.1 Å². The molecule has 0 aliphatic heterocycles. The number of benzene rings is 1. The predicted molar refractivity (Wildman–Crippen MR) is 92.6 cm³/mol. The number of rotatable bonds is 4. The summed E-state index contributed by atoms with van der Waals surface area (Å²) in [5.74, 6) is 2.21. The first-order chi connectivity index (χ1) is 12.6. The SMILES string of the molecule is COc1ccc(-c2nc(NC(C)=O)n3nc(-c4ccco4)nc3n2)cc1. The molecular weight excluding hydrogens is 336 g/mol. The first kappa shape index (κ1) is 15.8. The van der Waals surface area contributed by atoms with Crippen molar-refractivity contribution < 1.29 is 13.9 Å². The number of anilines is 1. The Labute approximate surface area is 147 Å². The van der Waals surface area contributed by atoms with E-state index in [0.29, 0.717) is 23.2 Å². The maximum Gasteiger partial charge on any atom is 0.258 e. The largest absolute Gasteiger partial charge is 0.497 e. The van der Waals surface area contributed by atoms with Gasteiger partial charge >= 0.3 is 0 Å². The van der Waals surface area contributed by atoms with Gasteiger partial charge in [-0.25, -0.2) is 0 Å². The van der Waals surface area contributed by atoms with E-state index in [0.717, 1.165) is 11.3 Å². The molecule has 0 atom stereocenters. The third kappa shape index (κ3) is 2.86. The van der Waals surface area contributed by atoms with Crippen molar-refractivity contribution >= 4 is 17.6 Å². The fourth-order valence-electron chi connectivity index (χ4n) is 2.40. The highest BCUT2D eigenvalue weighted by Gasteiger charge is 2.16. The average Bonchev–Trinajstić information content (AvgIpc) is 3.30. The normalized spacial score (nSPS) is 10.8. The van der Waals surface area contributed by atoms with Crippen LogP contribution in [0.4, 0.5) is 5.95 Å². The fraction of sp³-hybridized carbons (Fsp3) is 0.118. The summed E-state index contributed by atoms with van der Waals surface area (Å²) in [5.41, 5.74) is 0.752. The van der Waals surface area contributed by atoms with Crippen molar-refractivity contribution in [1.82, 2.24) is 24.6 Å². The number of hydrogen-bond donors (Lipinski definition) is 1. The second-order valence-corrected chi connectivity index (χ2v) is 5.41. The van der Waals surface area contributed by atoms with E-state index >= 15 is 0 Å². The second-order valence-electron chi connectivity index (χ2n) is 5.41. The fourth-order valence-corrected chi connectivity index (χ4v) is 2.40. The topological polar surface area (TPSA) is 107 Å². The van der Waals surface area contributed by atoms with Crippen LogP contribution in [-0.2, 0) is 4.79 Å². The Bertz CT molecular complexity index is 1070. The van der Waals surface area contributed by atoms with Crippen molar-refractivity contribution in [3.8, 4) is 28.7 Å². The van der Waals surface area contributed by atoms with Crippen LogP contribution >= 0.6 is 0 Å². The van der Waals surface area contributed by atoms with Gasteiger partial charge in [0.15, 0.2) is 11.6 Å². The Balaban J connectivity index is 1.86. The van der Waals surface area contributed by atoms with Gasteiger partial charge in [-0.05, 0) is 36.4 Å². The summed E-state index contributed by atoms with van der Waals surface area (Å²) in [5, 5.41) is 6.98. The van der Waals surface area contributed by atoms with Crippen molar-refractivity contribution in [3.05, 3.63) is 42.7 Å². The van der Waals surface area contributed by atoms with Gasteiger partial charge in [-0.3, -0.25) is 10.1 Å². The molecule has 9 nitrogen and oxygen atoms in total. The highest BCUT2D eigenvalue weighted by Crippen LogP contribution is 2.23. The molecule has 3 heterocycles. The van der Waals surface area contributed by atoms with Crippen molar-refractivity contribution in [1.29, 1.82) is 0 Å². The summed E-state index contributed by atoms with van der Waals surface area (Å²) < 4.78 is 11.9. The van der Waals surface area contributed by atoms with Crippen LogP contribution in [0.3, 0.4) is 0 Å². The molecule has 1 aromatic carbocycles. The Hall–Kier alpha value is -3.75. The lowest BCUT2D eigenvalue weighted by atomic mass is 10.2. The first-order valence-corrected chi connectivity index (χ1v) is 7.75. The van der Waals surface area contributed by atoms with Crippen LogP contribution in [-0.4, -0.2) is 37.6 Å². The summed E-state index contributed by atoms with van der Waals surface area (Å²) in [6.07, 6.45) is 1.53. The minimum Gasteiger partial charge on any atom is -0.497 e. The summed E-state index contributed by atoms with van der Waals surface area (Å²) >= 11 is 0. The van der Waals surface area contributed by atoms with Gasteiger partial charge in [-0.15, -0.1) is 5.10 Å².